The predicted octanol–water partition coefficient (Wildman–Crippen LogP) is 5.07. The van der Waals surface area contributed by atoms with Gasteiger partial charge in [0.1, 0.15) is 0 Å². The molecule has 1 heteroatoms. The molecule has 0 atom stereocenters. The maximum atomic E-state index is 2.46. The van der Waals surface area contributed by atoms with Gasteiger partial charge in [0.15, 0.2) is 0 Å². The molecule has 0 aliphatic heterocycles. The third kappa shape index (κ3) is 2.81. The monoisotopic (exact) mass is 268 g/mol. The summed E-state index contributed by atoms with van der Waals surface area (Å²) in [4.78, 5) is 0. The van der Waals surface area contributed by atoms with Gasteiger partial charge < -0.3 is 0 Å². The van der Waals surface area contributed by atoms with Crippen molar-refractivity contribution in [3.05, 3.63) is 54.6 Å². The van der Waals surface area contributed by atoms with E-state index in [9.17, 15) is 0 Å². The van der Waals surface area contributed by atoms with Crippen molar-refractivity contribution < 1.29 is 0 Å². The molecule has 2 aromatic carbocycles. The highest BCUT2D eigenvalue weighted by Gasteiger charge is 2.36. The number of hydrogen-bond acceptors (Lipinski definition) is 0. The lowest BCUT2D eigenvalue weighted by Crippen LogP contribution is -2.49. The highest BCUT2D eigenvalue weighted by Crippen LogP contribution is 2.35. The average molecular weight is 268 g/mol. The molecule has 0 aliphatic rings. The Morgan fingerprint density at radius 1 is 0.684 bits per heavy atom. The fraction of sp³-hybridized carbons (Fsp3) is 0.333. The average Bonchev–Trinajstić information content (AvgIpc) is 2.39. The smallest absolute Gasteiger partial charge is 0.0651 e. The first-order chi connectivity index (χ1) is 8.82. The van der Waals surface area contributed by atoms with E-state index in [-0.39, 0.29) is 0 Å². The number of rotatable bonds is 2. The van der Waals surface area contributed by atoms with E-state index in [0.29, 0.717) is 5.04 Å². The van der Waals surface area contributed by atoms with E-state index in [1.54, 1.807) is 5.19 Å². The van der Waals surface area contributed by atoms with Crippen LogP contribution in [0.3, 0.4) is 0 Å². The summed E-state index contributed by atoms with van der Waals surface area (Å²) in [6.45, 7) is 12.0. The van der Waals surface area contributed by atoms with E-state index in [2.05, 4.69) is 88.5 Å². The van der Waals surface area contributed by atoms with Gasteiger partial charge in [0.05, 0.1) is 8.07 Å². The lowest BCUT2D eigenvalue weighted by Gasteiger charge is -2.37. The fourth-order valence-electron chi connectivity index (χ4n) is 2.14. The normalized spacial score (nSPS) is 12.5. The molecule has 19 heavy (non-hydrogen) atoms. The Morgan fingerprint density at radius 2 is 1.16 bits per heavy atom. The van der Waals surface area contributed by atoms with E-state index < -0.39 is 8.07 Å². The van der Waals surface area contributed by atoms with Gasteiger partial charge in [0.2, 0.25) is 0 Å². The van der Waals surface area contributed by atoms with E-state index >= 15 is 0 Å². The zero-order chi connectivity index (χ0) is 14.1. The third-order valence-corrected chi connectivity index (χ3v) is 10.1. The predicted molar refractivity (Wildman–Crippen MR) is 88.7 cm³/mol. The molecule has 0 heterocycles. The minimum atomic E-state index is -1.40. The largest absolute Gasteiger partial charge is 0.0859 e. The minimum Gasteiger partial charge on any atom is -0.0651 e. The first kappa shape index (κ1) is 14.1. The molecular formula is C18H24Si. The second-order valence-corrected chi connectivity index (χ2v) is 12.1. The summed E-state index contributed by atoms with van der Waals surface area (Å²) in [5.41, 5.74) is 2.60. The van der Waals surface area contributed by atoms with Gasteiger partial charge in [-0.25, -0.2) is 0 Å². The molecule has 0 saturated heterocycles. The van der Waals surface area contributed by atoms with Gasteiger partial charge in [-0.2, -0.15) is 0 Å². The molecule has 100 valence electrons. The van der Waals surface area contributed by atoms with Crippen LogP contribution in [0.5, 0.6) is 0 Å². The van der Waals surface area contributed by atoms with Crippen molar-refractivity contribution in [3.8, 4) is 11.1 Å². The van der Waals surface area contributed by atoms with Crippen molar-refractivity contribution in [2.75, 3.05) is 0 Å². The molecule has 0 N–H and O–H groups in total. The lowest BCUT2D eigenvalue weighted by atomic mass is 10.1. The van der Waals surface area contributed by atoms with Crippen LogP contribution >= 0.6 is 0 Å². The van der Waals surface area contributed by atoms with E-state index in [0.717, 1.165) is 0 Å². The summed E-state index contributed by atoms with van der Waals surface area (Å²) in [6, 6.07) is 19.8. The van der Waals surface area contributed by atoms with E-state index in [1.165, 1.54) is 11.1 Å². The zero-order valence-electron chi connectivity index (χ0n) is 12.7. The Labute approximate surface area is 118 Å². The van der Waals surface area contributed by atoms with Gasteiger partial charge in [-0.3, -0.25) is 0 Å². The van der Waals surface area contributed by atoms with Crippen LogP contribution in [0.2, 0.25) is 18.1 Å². The van der Waals surface area contributed by atoms with Gasteiger partial charge in [-0.05, 0) is 16.2 Å². The van der Waals surface area contributed by atoms with Crippen LogP contribution in [-0.2, 0) is 0 Å². The Kier molecular flexibility index (Phi) is 3.68. The van der Waals surface area contributed by atoms with Crippen molar-refractivity contribution in [3.63, 3.8) is 0 Å². The molecule has 0 fully saturated rings. The summed E-state index contributed by atoms with van der Waals surface area (Å²) >= 11 is 0. The quantitative estimate of drug-likeness (QED) is 0.667. The minimum absolute atomic E-state index is 0.390. The molecule has 0 nitrogen and oxygen atoms in total. The van der Waals surface area contributed by atoms with Crippen LogP contribution in [0.15, 0.2) is 54.6 Å². The van der Waals surface area contributed by atoms with E-state index in [1.807, 2.05) is 0 Å². The topological polar surface area (TPSA) is 0 Å². The number of benzene rings is 2. The lowest BCUT2D eigenvalue weighted by molar-refractivity contribution is 0.729. The maximum absolute atomic E-state index is 2.46. The molecule has 0 amide bonds. The Hall–Kier alpha value is -1.34. The van der Waals surface area contributed by atoms with Crippen molar-refractivity contribution >= 4 is 13.3 Å². The molecule has 0 aromatic heterocycles. The molecule has 0 spiro atoms. The molecule has 0 bridgehead atoms. The molecular weight excluding hydrogens is 244 g/mol. The van der Waals surface area contributed by atoms with Gasteiger partial charge >= 0.3 is 0 Å². The highest BCUT2D eigenvalue weighted by atomic mass is 28.3. The summed E-state index contributed by atoms with van der Waals surface area (Å²) in [5.74, 6) is 0. The summed E-state index contributed by atoms with van der Waals surface area (Å²) < 4.78 is 0. The number of hydrogen-bond donors (Lipinski definition) is 0. The van der Waals surface area contributed by atoms with Crippen molar-refractivity contribution in [1.29, 1.82) is 0 Å². The van der Waals surface area contributed by atoms with E-state index in [4.69, 9.17) is 0 Å². The molecule has 0 aliphatic carbocycles. The zero-order valence-corrected chi connectivity index (χ0v) is 13.7. The SMILES string of the molecule is CC(C)(C)[Si](C)(C)c1ccc(-c2ccccc2)cc1. The fourth-order valence-corrected chi connectivity index (χ4v) is 4.01. The Balaban J connectivity index is 2.35. The Morgan fingerprint density at radius 3 is 1.63 bits per heavy atom. The summed E-state index contributed by atoms with van der Waals surface area (Å²) in [7, 11) is -1.40. The van der Waals surface area contributed by atoms with Gasteiger partial charge in [-0.15, -0.1) is 0 Å². The molecule has 0 unspecified atom stereocenters. The van der Waals surface area contributed by atoms with Crippen LogP contribution in [0.25, 0.3) is 11.1 Å². The van der Waals surface area contributed by atoms with Crippen molar-refractivity contribution in [2.45, 2.75) is 38.9 Å². The molecule has 0 saturated carbocycles. The first-order valence-corrected chi connectivity index (χ1v) is 9.98. The maximum Gasteiger partial charge on any atom is 0.0859 e. The second-order valence-electron chi connectivity index (χ2n) is 6.82. The Bertz CT molecular complexity index is 530. The highest BCUT2D eigenvalue weighted by molar-refractivity contribution is 6.92. The van der Waals surface area contributed by atoms with Crippen molar-refractivity contribution in [1.82, 2.24) is 0 Å². The first-order valence-electron chi connectivity index (χ1n) is 6.98. The summed E-state index contributed by atoms with van der Waals surface area (Å²) in [6.07, 6.45) is 0. The van der Waals surface area contributed by atoms with Crippen LogP contribution in [0.4, 0.5) is 0 Å². The van der Waals surface area contributed by atoms with Gasteiger partial charge in [-0.1, -0.05) is 93.6 Å². The van der Waals surface area contributed by atoms with Crippen LogP contribution in [-0.4, -0.2) is 8.07 Å². The van der Waals surface area contributed by atoms with Crippen LogP contribution < -0.4 is 5.19 Å². The molecule has 2 rings (SSSR count). The standard InChI is InChI=1S/C18H24Si/c1-18(2,3)19(4,5)17-13-11-16(12-14-17)15-9-7-6-8-10-15/h6-14H,1-5H3. The second kappa shape index (κ2) is 4.97. The molecule has 0 radical (unpaired) electrons. The third-order valence-electron chi connectivity index (χ3n) is 4.59. The van der Waals surface area contributed by atoms with Gasteiger partial charge in [0, 0.05) is 0 Å². The van der Waals surface area contributed by atoms with Gasteiger partial charge in [0.25, 0.3) is 0 Å². The molecule has 2 aromatic rings. The van der Waals surface area contributed by atoms with Crippen molar-refractivity contribution in [2.24, 2.45) is 0 Å². The summed E-state index contributed by atoms with van der Waals surface area (Å²) in [5, 5.41) is 1.93. The van der Waals surface area contributed by atoms with Crippen LogP contribution in [0.1, 0.15) is 20.8 Å². The van der Waals surface area contributed by atoms with Crippen LogP contribution in [0, 0.1) is 0 Å².